The quantitative estimate of drug-likeness (QED) is 0.0348. The van der Waals surface area contributed by atoms with E-state index in [1.165, 1.54) is 33.8 Å². The van der Waals surface area contributed by atoms with Gasteiger partial charge < -0.3 is 26.8 Å². The highest BCUT2D eigenvalue weighted by atomic mass is 35.5. The van der Waals surface area contributed by atoms with Crippen molar-refractivity contribution < 1.29 is 36.0 Å². The van der Waals surface area contributed by atoms with Gasteiger partial charge in [0.15, 0.2) is 5.71 Å². The first-order chi connectivity index (χ1) is 29.5. The number of allylic oxidation sites excluding steroid dienone is 5. The second kappa shape index (κ2) is 21.3. The normalized spacial score (nSPS) is 17.3. The summed E-state index contributed by atoms with van der Waals surface area (Å²) in [5, 5.41) is 0.903. The van der Waals surface area contributed by atoms with E-state index in [1.807, 2.05) is 60.7 Å². The highest BCUT2D eigenvalue weighted by molar-refractivity contribution is 6.30. The molecule has 6 nitrogen and oxygen atoms in total. The molecule has 8 heteroatoms. The number of anilines is 1. The first kappa shape index (κ1) is 46.4. The van der Waals surface area contributed by atoms with Crippen LogP contribution >= 0.6 is 11.6 Å². The zero-order chi connectivity index (χ0) is 42.8. The fourth-order valence-corrected chi connectivity index (χ4v) is 9.47. The number of carbonyl (C=O) groups is 2. The Kier molecular flexibility index (Phi) is 15.9. The molecule has 2 aliphatic heterocycles. The number of halogens is 2. The van der Waals surface area contributed by atoms with Gasteiger partial charge in [-0.1, -0.05) is 96.9 Å². The third-order valence-corrected chi connectivity index (χ3v) is 13.0. The maximum Gasteiger partial charge on any atom is 0.311 e. The summed E-state index contributed by atoms with van der Waals surface area (Å²) in [5.74, 6) is 0.905. The Morgan fingerprint density at radius 2 is 1.31 bits per heavy atom. The van der Waals surface area contributed by atoms with Crippen LogP contribution in [0.5, 0.6) is 11.5 Å². The number of nitrogens with zero attached hydrogens (tertiary/aromatic N) is 2. The van der Waals surface area contributed by atoms with Crippen LogP contribution in [-0.4, -0.2) is 35.3 Å². The van der Waals surface area contributed by atoms with Gasteiger partial charge in [-0.05, 0) is 120 Å². The van der Waals surface area contributed by atoms with Crippen molar-refractivity contribution in [2.24, 2.45) is 5.92 Å². The standard InChI is InChI=1S/C54H60ClN2O4.ClH/c1-53(2)44-28-15-17-30-46(44)56(38-19-7-13-32-50(58)60-42-24-9-5-10-25-42)48(53)36-34-40-22-21-23-41(52(40)55)35-37-49-54(3,4)45-29-16-18-31-47(45)57(49)39-20-8-14-33-51(59)61-43-26-11-6-12-27-43;/h5-6,9-12,15-18,24-31,34-36,41H,7-8,13-14,19-23,32-33,38-39H2,1-4H3;1H/q+1;/p-1/b36-34+;. The number of ether oxygens (including phenoxy) is 2. The van der Waals surface area contributed by atoms with E-state index in [1.54, 1.807) is 0 Å². The first-order valence-electron chi connectivity index (χ1n) is 22.2. The van der Waals surface area contributed by atoms with Crippen LogP contribution in [0.1, 0.15) is 109 Å². The molecule has 0 N–H and O–H groups in total. The molecule has 0 saturated carbocycles. The lowest BCUT2D eigenvalue weighted by Gasteiger charge is -2.26. The zero-order valence-electron chi connectivity index (χ0n) is 36.7. The summed E-state index contributed by atoms with van der Waals surface area (Å²) in [6.07, 6.45) is 15.9. The summed E-state index contributed by atoms with van der Waals surface area (Å²) < 4.78 is 13.5. The number of hydrogen-bond donors (Lipinski definition) is 0. The van der Waals surface area contributed by atoms with E-state index in [-0.39, 0.29) is 41.1 Å². The molecule has 0 fully saturated rings. The number of benzene rings is 4. The van der Waals surface area contributed by atoms with Gasteiger partial charge in [-0.2, -0.15) is 4.58 Å². The number of fused-ring (bicyclic) bond motifs is 2. The Morgan fingerprint density at radius 3 is 1.97 bits per heavy atom. The molecule has 0 saturated heterocycles. The Balaban J connectivity index is 0.00000641. The van der Waals surface area contributed by atoms with Crippen molar-refractivity contribution in [2.45, 2.75) is 109 Å². The molecule has 2 heterocycles. The highest BCUT2D eigenvalue weighted by Gasteiger charge is 2.44. The van der Waals surface area contributed by atoms with Crippen molar-refractivity contribution in [2.75, 3.05) is 18.0 Å². The number of esters is 2. The van der Waals surface area contributed by atoms with E-state index in [4.69, 9.17) is 21.1 Å². The smallest absolute Gasteiger partial charge is 0.311 e. The van der Waals surface area contributed by atoms with Crippen molar-refractivity contribution >= 4 is 40.6 Å². The summed E-state index contributed by atoms with van der Waals surface area (Å²) in [4.78, 5) is 27.3. The van der Waals surface area contributed by atoms with Crippen molar-refractivity contribution in [3.05, 3.63) is 161 Å². The van der Waals surface area contributed by atoms with Crippen molar-refractivity contribution in [1.29, 1.82) is 0 Å². The maximum absolute atomic E-state index is 12.4. The average Bonchev–Trinajstić information content (AvgIpc) is 3.61. The van der Waals surface area contributed by atoms with Crippen molar-refractivity contribution in [3.63, 3.8) is 0 Å². The monoisotopic (exact) mass is 870 g/mol. The second-order valence-electron chi connectivity index (χ2n) is 17.5. The third-order valence-electron chi connectivity index (χ3n) is 12.5. The van der Waals surface area contributed by atoms with Gasteiger partial charge in [0.1, 0.15) is 18.0 Å². The van der Waals surface area contributed by atoms with Crippen LogP contribution in [0, 0.1) is 5.92 Å². The van der Waals surface area contributed by atoms with Crippen LogP contribution in [0.4, 0.5) is 11.4 Å². The highest BCUT2D eigenvalue weighted by Crippen LogP contribution is 2.48. The molecule has 1 aliphatic carbocycles. The SMILES string of the molecule is CC1(C)C(=C=CC2CCCC(/C=C/C3=[N+](CCCCCC(=O)Oc4ccccc4)c4ccccc4C3(C)C)=C2Cl)N(CCCCCC(=O)Oc2ccccc2)c2ccccc21.[Cl-]. The van der Waals surface area contributed by atoms with Crippen molar-refractivity contribution in [1.82, 2.24) is 0 Å². The Hall–Kier alpha value is -5.13. The Labute approximate surface area is 380 Å². The average molecular weight is 872 g/mol. The summed E-state index contributed by atoms with van der Waals surface area (Å²) in [7, 11) is 0. The molecule has 0 spiro atoms. The van der Waals surface area contributed by atoms with Gasteiger partial charge in [-0.15, -0.1) is 5.73 Å². The van der Waals surface area contributed by atoms with E-state index in [0.717, 1.165) is 81.6 Å². The number of rotatable bonds is 17. The van der Waals surface area contributed by atoms with Gasteiger partial charge in [0.25, 0.3) is 0 Å². The summed E-state index contributed by atoms with van der Waals surface area (Å²) in [5.41, 5.74) is 12.2. The molecule has 1 unspecified atom stereocenters. The van der Waals surface area contributed by atoms with Crippen LogP contribution in [0.15, 0.2) is 149 Å². The largest absolute Gasteiger partial charge is 1.00 e. The molecule has 0 amide bonds. The third kappa shape index (κ3) is 10.9. The lowest BCUT2D eigenvalue weighted by molar-refractivity contribution is -0.438. The lowest BCUT2D eigenvalue weighted by atomic mass is 9.81. The molecule has 324 valence electrons. The molecule has 4 aromatic carbocycles. The minimum atomic E-state index is -0.213. The number of unbranched alkanes of at least 4 members (excludes halogenated alkanes) is 4. The number of carbonyl (C=O) groups excluding carboxylic acids is 2. The van der Waals surface area contributed by atoms with E-state index < -0.39 is 0 Å². The van der Waals surface area contributed by atoms with E-state index >= 15 is 0 Å². The van der Waals surface area contributed by atoms with Gasteiger partial charge in [0.2, 0.25) is 5.69 Å². The fraction of sp³-hybridized carbons (Fsp3) is 0.370. The van der Waals surface area contributed by atoms with Gasteiger partial charge >= 0.3 is 11.9 Å². The zero-order valence-corrected chi connectivity index (χ0v) is 38.2. The fourth-order valence-electron chi connectivity index (χ4n) is 9.14. The van der Waals surface area contributed by atoms with Gasteiger partial charge in [-0.3, -0.25) is 9.59 Å². The van der Waals surface area contributed by atoms with Gasteiger partial charge in [0, 0.05) is 65.6 Å². The van der Waals surface area contributed by atoms with E-state index in [9.17, 15) is 9.59 Å². The molecule has 0 radical (unpaired) electrons. The van der Waals surface area contributed by atoms with Gasteiger partial charge in [0.05, 0.1) is 11.1 Å². The summed E-state index contributed by atoms with van der Waals surface area (Å²) in [6.45, 7) is 10.9. The lowest BCUT2D eigenvalue weighted by Crippen LogP contribution is -3.00. The predicted molar refractivity (Wildman–Crippen MR) is 248 cm³/mol. The maximum atomic E-state index is 12.4. The van der Waals surface area contributed by atoms with Crippen LogP contribution in [-0.2, 0) is 20.4 Å². The first-order valence-corrected chi connectivity index (χ1v) is 22.6. The van der Waals surface area contributed by atoms with Crippen LogP contribution in [0.2, 0.25) is 0 Å². The minimum Gasteiger partial charge on any atom is -1.00 e. The molecule has 4 aromatic rings. The molecule has 1 atom stereocenters. The second-order valence-corrected chi connectivity index (χ2v) is 17.9. The molecular formula is C54H60Cl2N2O4. The summed E-state index contributed by atoms with van der Waals surface area (Å²) in [6, 6.07) is 36.0. The molecule has 0 aromatic heterocycles. The molecule has 62 heavy (non-hydrogen) atoms. The molecule has 7 rings (SSSR count). The number of hydrogen-bond acceptors (Lipinski definition) is 5. The Morgan fingerprint density at radius 1 is 0.726 bits per heavy atom. The van der Waals surface area contributed by atoms with Crippen LogP contribution < -0.4 is 26.8 Å². The molecule has 0 bridgehead atoms. The topological polar surface area (TPSA) is 58.8 Å². The summed E-state index contributed by atoms with van der Waals surface area (Å²) >= 11 is 7.34. The number of para-hydroxylation sites is 4. The van der Waals surface area contributed by atoms with Crippen LogP contribution in [0.25, 0.3) is 0 Å². The molecular weight excluding hydrogens is 812 g/mol. The van der Waals surface area contributed by atoms with Crippen LogP contribution in [0.3, 0.4) is 0 Å². The molecule has 3 aliphatic rings. The van der Waals surface area contributed by atoms with E-state index in [2.05, 4.69) is 110 Å². The van der Waals surface area contributed by atoms with Crippen molar-refractivity contribution in [3.8, 4) is 11.5 Å². The minimum absolute atomic E-state index is 0. The predicted octanol–water partition coefficient (Wildman–Crippen LogP) is 10.1. The van der Waals surface area contributed by atoms with E-state index in [0.29, 0.717) is 24.3 Å². The Bertz CT molecular complexity index is 2360. The van der Waals surface area contributed by atoms with Gasteiger partial charge in [-0.25, -0.2) is 0 Å².